The summed E-state index contributed by atoms with van der Waals surface area (Å²) in [5, 5.41) is 8.65. The van der Waals surface area contributed by atoms with Crippen molar-refractivity contribution in [3.05, 3.63) is 30.1 Å². The Labute approximate surface area is 87.6 Å². The van der Waals surface area contributed by atoms with Gasteiger partial charge in [0.2, 0.25) is 0 Å². The lowest BCUT2D eigenvalue weighted by molar-refractivity contribution is -0.140. The summed E-state index contributed by atoms with van der Waals surface area (Å²) < 4.78 is 0. The first-order chi connectivity index (χ1) is 6.70. The van der Waals surface area contributed by atoms with Gasteiger partial charge in [0, 0.05) is 23.9 Å². The fourth-order valence-corrected chi connectivity index (χ4v) is 1.93. The van der Waals surface area contributed by atoms with Crippen LogP contribution < -0.4 is 0 Å². The molecule has 0 aliphatic rings. The van der Waals surface area contributed by atoms with Gasteiger partial charge >= 0.3 is 5.97 Å². The number of nitrogens with zero attached hydrogens (tertiary/aromatic N) is 1. The number of aliphatic carboxylic acids is 1. The highest BCUT2D eigenvalue weighted by molar-refractivity contribution is 7.98. The summed E-state index contributed by atoms with van der Waals surface area (Å²) in [6.45, 7) is 1.72. The van der Waals surface area contributed by atoms with Crippen molar-refractivity contribution in [2.75, 3.05) is 5.75 Å². The van der Waals surface area contributed by atoms with Crippen LogP contribution >= 0.6 is 11.8 Å². The quantitative estimate of drug-likeness (QED) is 0.809. The fourth-order valence-electron chi connectivity index (χ4n) is 0.908. The third-order valence-corrected chi connectivity index (χ3v) is 3.05. The second kappa shape index (κ2) is 5.65. The minimum absolute atomic E-state index is 0.281. The van der Waals surface area contributed by atoms with Crippen LogP contribution in [0.25, 0.3) is 0 Å². The maximum Gasteiger partial charge on any atom is 0.307 e. The van der Waals surface area contributed by atoms with Crippen LogP contribution in [-0.4, -0.2) is 21.8 Å². The van der Waals surface area contributed by atoms with E-state index in [4.69, 9.17) is 5.11 Å². The fraction of sp³-hybridized carbons (Fsp3) is 0.400. The SMILES string of the molecule is CC(CSCc1cccnc1)C(=O)O. The van der Waals surface area contributed by atoms with Gasteiger partial charge in [-0.2, -0.15) is 11.8 Å². The maximum atomic E-state index is 10.5. The normalized spacial score (nSPS) is 12.4. The third-order valence-electron chi connectivity index (χ3n) is 1.78. The molecule has 0 aliphatic carbocycles. The van der Waals surface area contributed by atoms with Gasteiger partial charge in [-0.25, -0.2) is 0 Å². The number of pyridine rings is 1. The number of carboxylic acid groups (broad SMARTS) is 1. The van der Waals surface area contributed by atoms with Gasteiger partial charge in [-0.3, -0.25) is 9.78 Å². The van der Waals surface area contributed by atoms with E-state index in [1.165, 1.54) is 0 Å². The van der Waals surface area contributed by atoms with Crippen LogP contribution in [0.4, 0.5) is 0 Å². The lowest BCUT2D eigenvalue weighted by atomic mass is 10.2. The molecule has 1 aromatic heterocycles. The summed E-state index contributed by atoms with van der Waals surface area (Å²) in [5.74, 6) is 0.454. The maximum absolute atomic E-state index is 10.5. The number of aromatic nitrogens is 1. The van der Waals surface area contributed by atoms with Gasteiger partial charge in [0.15, 0.2) is 0 Å². The molecular formula is C10H13NO2S. The molecule has 14 heavy (non-hydrogen) atoms. The van der Waals surface area contributed by atoms with Crippen molar-refractivity contribution in [2.45, 2.75) is 12.7 Å². The first-order valence-electron chi connectivity index (χ1n) is 4.39. The molecule has 3 nitrogen and oxygen atoms in total. The zero-order valence-corrected chi connectivity index (χ0v) is 8.83. The molecule has 4 heteroatoms. The van der Waals surface area contributed by atoms with Gasteiger partial charge in [-0.05, 0) is 11.6 Å². The largest absolute Gasteiger partial charge is 0.481 e. The Morgan fingerprint density at radius 2 is 2.50 bits per heavy atom. The van der Waals surface area contributed by atoms with E-state index in [-0.39, 0.29) is 5.92 Å². The molecule has 0 bridgehead atoms. The highest BCUT2D eigenvalue weighted by atomic mass is 32.2. The van der Waals surface area contributed by atoms with E-state index in [0.29, 0.717) is 5.75 Å². The molecule has 1 N–H and O–H groups in total. The molecule has 0 spiro atoms. The second-order valence-electron chi connectivity index (χ2n) is 3.12. The molecular weight excluding hydrogens is 198 g/mol. The van der Waals surface area contributed by atoms with Crippen LogP contribution in [0.15, 0.2) is 24.5 Å². The molecule has 0 fully saturated rings. The predicted molar refractivity (Wildman–Crippen MR) is 57.2 cm³/mol. The van der Waals surface area contributed by atoms with Gasteiger partial charge in [-0.15, -0.1) is 0 Å². The topological polar surface area (TPSA) is 50.2 Å². The molecule has 1 aromatic rings. The van der Waals surface area contributed by atoms with E-state index in [0.717, 1.165) is 11.3 Å². The predicted octanol–water partition coefficient (Wildman–Crippen LogP) is 2.04. The monoisotopic (exact) mass is 211 g/mol. The third kappa shape index (κ3) is 3.79. The van der Waals surface area contributed by atoms with Crippen molar-refractivity contribution in [1.82, 2.24) is 4.98 Å². The Bertz CT molecular complexity index is 289. The molecule has 0 saturated carbocycles. The molecule has 0 amide bonds. The Hall–Kier alpha value is -1.03. The summed E-state index contributed by atoms with van der Waals surface area (Å²) >= 11 is 1.62. The molecule has 0 aromatic carbocycles. The number of hydrogen-bond acceptors (Lipinski definition) is 3. The van der Waals surface area contributed by atoms with Crippen LogP contribution in [0.5, 0.6) is 0 Å². The number of carbonyl (C=O) groups is 1. The van der Waals surface area contributed by atoms with Gasteiger partial charge in [-0.1, -0.05) is 13.0 Å². The molecule has 76 valence electrons. The standard InChI is InChI=1S/C10H13NO2S/c1-8(10(12)13)6-14-7-9-3-2-4-11-5-9/h2-5,8H,6-7H2,1H3,(H,12,13). The number of thioether (sulfide) groups is 1. The second-order valence-corrected chi connectivity index (χ2v) is 4.15. The van der Waals surface area contributed by atoms with Gasteiger partial charge in [0.05, 0.1) is 5.92 Å². The Morgan fingerprint density at radius 1 is 1.71 bits per heavy atom. The van der Waals surface area contributed by atoms with Crippen LogP contribution in [0.3, 0.4) is 0 Å². The van der Waals surface area contributed by atoms with Crippen molar-refractivity contribution in [1.29, 1.82) is 0 Å². The first-order valence-corrected chi connectivity index (χ1v) is 5.55. The zero-order valence-electron chi connectivity index (χ0n) is 8.01. The van der Waals surface area contributed by atoms with E-state index in [2.05, 4.69) is 4.98 Å². The summed E-state index contributed by atoms with van der Waals surface area (Å²) in [7, 11) is 0. The van der Waals surface area contributed by atoms with Crippen LogP contribution in [-0.2, 0) is 10.5 Å². The van der Waals surface area contributed by atoms with E-state index in [1.54, 1.807) is 31.1 Å². The van der Waals surface area contributed by atoms with Gasteiger partial charge in [0.1, 0.15) is 0 Å². The van der Waals surface area contributed by atoms with Crippen LogP contribution in [0.1, 0.15) is 12.5 Å². The number of carboxylic acids is 1. The Morgan fingerprint density at radius 3 is 3.07 bits per heavy atom. The minimum atomic E-state index is -0.733. The van der Waals surface area contributed by atoms with Crippen molar-refractivity contribution in [3.8, 4) is 0 Å². The van der Waals surface area contributed by atoms with Gasteiger partial charge in [0.25, 0.3) is 0 Å². The lowest BCUT2D eigenvalue weighted by Gasteiger charge is -2.05. The summed E-state index contributed by atoms with van der Waals surface area (Å²) in [5.41, 5.74) is 1.13. The molecule has 0 saturated heterocycles. The lowest BCUT2D eigenvalue weighted by Crippen LogP contribution is -2.11. The van der Waals surface area contributed by atoms with Crippen LogP contribution in [0, 0.1) is 5.92 Å². The van der Waals surface area contributed by atoms with E-state index in [9.17, 15) is 4.79 Å². The first kappa shape index (κ1) is 11.0. The van der Waals surface area contributed by atoms with Crippen molar-refractivity contribution < 1.29 is 9.90 Å². The highest BCUT2D eigenvalue weighted by Crippen LogP contribution is 2.14. The van der Waals surface area contributed by atoms with E-state index in [1.807, 2.05) is 12.1 Å². The van der Waals surface area contributed by atoms with Gasteiger partial charge < -0.3 is 5.11 Å². The van der Waals surface area contributed by atoms with Crippen LogP contribution in [0.2, 0.25) is 0 Å². The zero-order chi connectivity index (χ0) is 10.4. The van der Waals surface area contributed by atoms with E-state index < -0.39 is 5.97 Å². The molecule has 1 unspecified atom stereocenters. The summed E-state index contributed by atoms with van der Waals surface area (Å²) in [6, 6.07) is 3.88. The minimum Gasteiger partial charge on any atom is -0.481 e. The number of hydrogen-bond donors (Lipinski definition) is 1. The molecule has 1 heterocycles. The van der Waals surface area contributed by atoms with Crippen molar-refractivity contribution in [3.63, 3.8) is 0 Å². The number of rotatable bonds is 5. The smallest absolute Gasteiger partial charge is 0.307 e. The summed E-state index contributed by atoms with van der Waals surface area (Å²) in [6.07, 6.45) is 3.53. The van der Waals surface area contributed by atoms with Crippen molar-refractivity contribution in [2.24, 2.45) is 5.92 Å². The Balaban J connectivity index is 2.26. The molecule has 1 atom stereocenters. The Kier molecular flexibility index (Phi) is 4.46. The molecule has 1 rings (SSSR count). The average molecular weight is 211 g/mol. The van der Waals surface area contributed by atoms with Crippen molar-refractivity contribution >= 4 is 17.7 Å². The molecule has 0 radical (unpaired) electrons. The van der Waals surface area contributed by atoms with E-state index >= 15 is 0 Å². The average Bonchev–Trinajstić information content (AvgIpc) is 2.19. The summed E-state index contributed by atoms with van der Waals surface area (Å²) in [4.78, 5) is 14.5. The highest BCUT2D eigenvalue weighted by Gasteiger charge is 2.09. The molecule has 0 aliphatic heterocycles.